The Balaban J connectivity index is 2.03. The maximum absolute atomic E-state index is 12.3. The number of carbonyl (C=O) groups is 2. The largest absolute Gasteiger partial charge is 0.371 e. The lowest BCUT2D eigenvalue weighted by Crippen LogP contribution is -2.47. The van der Waals surface area contributed by atoms with Crippen molar-refractivity contribution in [1.82, 2.24) is 4.90 Å². The molecule has 1 saturated heterocycles. The van der Waals surface area contributed by atoms with Crippen molar-refractivity contribution in [2.45, 2.75) is 64.2 Å². The van der Waals surface area contributed by atoms with E-state index in [9.17, 15) is 9.59 Å². The summed E-state index contributed by atoms with van der Waals surface area (Å²) in [7, 11) is 0. The maximum Gasteiger partial charge on any atom is 0.240 e. The van der Waals surface area contributed by atoms with Crippen LogP contribution in [0, 0.1) is 5.92 Å². The minimum atomic E-state index is -0.500. The van der Waals surface area contributed by atoms with Gasteiger partial charge in [0.25, 0.3) is 0 Å². The zero-order valence-corrected chi connectivity index (χ0v) is 12.0. The SMILES string of the molecule is CC(C)(C)OC1CC(C(N)=O)N(C(=O)C2CCC2)C1. The molecule has 1 aliphatic carbocycles. The van der Waals surface area contributed by atoms with Gasteiger partial charge in [0, 0.05) is 18.9 Å². The van der Waals surface area contributed by atoms with E-state index in [0.29, 0.717) is 13.0 Å². The average Bonchev–Trinajstić information content (AvgIpc) is 2.55. The molecule has 0 spiro atoms. The van der Waals surface area contributed by atoms with Gasteiger partial charge in [0.05, 0.1) is 11.7 Å². The molecule has 0 aromatic heterocycles. The number of hydrogen-bond donors (Lipinski definition) is 1. The van der Waals surface area contributed by atoms with Gasteiger partial charge in [-0.3, -0.25) is 9.59 Å². The Labute approximate surface area is 114 Å². The Morgan fingerprint density at radius 1 is 1.26 bits per heavy atom. The monoisotopic (exact) mass is 268 g/mol. The fourth-order valence-electron chi connectivity index (χ4n) is 2.79. The summed E-state index contributed by atoms with van der Waals surface area (Å²) in [5.74, 6) is -0.252. The Morgan fingerprint density at radius 3 is 2.32 bits per heavy atom. The topological polar surface area (TPSA) is 72.6 Å². The molecule has 1 saturated carbocycles. The van der Waals surface area contributed by atoms with E-state index < -0.39 is 11.9 Å². The highest BCUT2D eigenvalue weighted by Gasteiger charge is 2.43. The molecule has 2 unspecified atom stereocenters. The number of amides is 2. The van der Waals surface area contributed by atoms with Crippen LogP contribution >= 0.6 is 0 Å². The van der Waals surface area contributed by atoms with Crippen LogP contribution in [0.25, 0.3) is 0 Å². The average molecular weight is 268 g/mol. The van der Waals surface area contributed by atoms with Gasteiger partial charge in [0.2, 0.25) is 11.8 Å². The van der Waals surface area contributed by atoms with Crippen LogP contribution < -0.4 is 5.73 Å². The number of carbonyl (C=O) groups excluding carboxylic acids is 2. The normalized spacial score (nSPS) is 28.3. The van der Waals surface area contributed by atoms with Crippen LogP contribution in [0.15, 0.2) is 0 Å². The zero-order valence-electron chi connectivity index (χ0n) is 12.0. The number of nitrogens with zero attached hydrogens (tertiary/aromatic N) is 1. The molecule has 1 heterocycles. The lowest BCUT2D eigenvalue weighted by Gasteiger charge is -2.31. The zero-order chi connectivity index (χ0) is 14.2. The quantitative estimate of drug-likeness (QED) is 0.831. The van der Waals surface area contributed by atoms with Crippen molar-refractivity contribution >= 4 is 11.8 Å². The summed E-state index contributed by atoms with van der Waals surface area (Å²) in [6.45, 7) is 6.41. The summed E-state index contributed by atoms with van der Waals surface area (Å²) in [4.78, 5) is 25.5. The molecule has 2 N–H and O–H groups in total. The van der Waals surface area contributed by atoms with E-state index in [2.05, 4.69) is 0 Å². The van der Waals surface area contributed by atoms with Crippen LogP contribution in [-0.4, -0.2) is 41.0 Å². The van der Waals surface area contributed by atoms with E-state index in [1.54, 1.807) is 4.90 Å². The number of primary amides is 1. The van der Waals surface area contributed by atoms with Gasteiger partial charge in [-0.2, -0.15) is 0 Å². The molecule has 2 rings (SSSR count). The van der Waals surface area contributed by atoms with Gasteiger partial charge in [-0.1, -0.05) is 6.42 Å². The van der Waals surface area contributed by atoms with Gasteiger partial charge in [0.15, 0.2) is 0 Å². The van der Waals surface area contributed by atoms with Crippen molar-refractivity contribution in [1.29, 1.82) is 0 Å². The Morgan fingerprint density at radius 2 is 1.89 bits per heavy atom. The van der Waals surface area contributed by atoms with E-state index in [1.165, 1.54) is 0 Å². The van der Waals surface area contributed by atoms with E-state index in [0.717, 1.165) is 19.3 Å². The van der Waals surface area contributed by atoms with Crippen molar-refractivity contribution in [3.63, 3.8) is 0 Å². The molecular weight excluding hydrogens is 244 g/mol. The number of likely N-dealkylation sites (tertiary alicyclic amines) is 1. The highest BCUT2D eigenvalue weighted by atomic mass is 16.5. The third-order valence-corrected chi connectivity index (χ3v) is 3.85. The molecule has 0 aromatic rings. The fraction of sp³-hybridized carbons (Fsp3) is 0.857. The summed E-state index contributed by atoms with van der Waals surface area (Å²) in [6, 6.07) is -0.500. The van der Waals surface area contributed by atoms with Crippen LogP contribution in [0.1, 0.15) is 46.5 Å². The summed E-state index contributed by atoms with van der Waals surface area (Å²) in [6.07, 6.45) is 3.40. The van der Waals surface area contributed by atoms with Gasteiger partial charge >= 0.3 is 0 Å². The fourth-order valence-corrected chi connectivity index (χ4v) is 2.79. The lowest BCUT2D eigenvalue weighted by atomic mass is 9.84. The molecular formula is C14H24N2O3. The first-order chi connectivity index (χ1) is 8.78. The minimum Gasteiger partial charge on any atom is -0.371 e. The van der Waals surface area contributed by atoms with Gasteiger partial charge in [0.1, 0.15) is 6.04 Å². The molecule has 2 fully saturated rings. The molecule has 19 heavy (non-hydrogen) atoms. The van der Waals surface area contributed by atoms with Crippen molar-refractivity contribution in [3.05, 3.63) is 0 Å². The first kappa shape index (κ1) is 14.3. The van der Waals surface area contributed by atoms with Gasteiger partial charge in [-0.15, -0.1) is 0 Å². The predicted molar refractivity (Wildman–Crippen MR) is 71.3 cm³/mol. The van der Waals surface area contributed by atoms with E-state index in [4.69, 9.17) is 10.5 Å². The second kappa shape index (κ2) is 5.12. The van der Waals surface area contributed by atoms with Crippen LogP contribution in [-0.2, 0) is 14.3 Å². The smallest absolute Gasteiger partial charge is 0.240 e. The van der Waals surface area contributed by atoms with Crippen molar-refractivity contribution < 1.29 is 14.3 Å². The van der Waals surface area contributed by atoms with Gasteiger partial charge in [-0.05, 0) is 33.6 Å². The summed E-state index contributed by atoms with van der Waals surface area (Å²) >= 11 is 0. The third kappa shape index (κ3) is 3.26. The van der Waals surface area contributed by atoms with Crippen LogP contribution in [0.5, 0.6) is 0 Å². The second-order valence-corrected chi connectivity index (χ2v) is 6.62. The summed E-state index contributed by atoms with van der Waals surface area (Å²) in [5, 5.41) is 0. The van der Waals surface area contributed by atoms with E-state index in [-0.39, 0.29) is 23.5 Å². The molecule has 5 nitrogen and oxygen atoms in total. The van der Waals surface area contributed by atoms with Crippen molar-refractivity contribution in [2.75, 3.05) is 6.54 Å². The first-order valence-corrected chi connectivity index (χ1v) is 7.05. The van der Waals surface area contributed by atoms with E-state index in [1.807, 2.05) is 20.8 Å². The van der Waals surface area contributed by atoms with Crippen LogP contribution in [0.2, 0.25) is 0 Å². The lowest BCUT2D eigenvalue weighted by molar-refractivity contribution is -0.143. The summed E-state index contributed by atoms with van der Waals surface area (Å²) < 4.78 is 5.89. The van der Waals surface area contributed by atoms with Gasteiger partial charge in [-0.25, -0.2) is 0 Å². The van der Waals surface area contributed by atoms with Crippen molar-refractivity contribution in [2.24, 2.45) is 11.7 Å². The standard InChI is InChI=1S/C14H24N2O3/c1-14(2,3)19-10-7-11(12(15)17)16(8-10)13(18)9-5-4-6-9/h9-11H,4-8H2,1-3H3,(H2,15,17). The Bertz CT molecular complexity index is 371. The number of ether oxygens (including phenoxy) is 1. The molecule has 5 heteroatoms. The Hall–Kier alpha value is -1.10. The number of hydrogen-bond acceptors (Lipinski definition) is 3. The molecule has 0 aromatic carbocycles. The molecule has 2 aliphatic rings. The predicted octanol–water partition coefficient (Wildman–Crippen LogP) is 1.06. The number of nitrogens with two attached hydrogens (primary N) is 1. The Kier molecular flexibility index (Phi) is 3.85. The van der Waals surface area contributed by atoms with Crippen LogP contribution in [0.3, 0.4) is 0 Å². The molecule has 2 amide bonds. The molecule has 2 atom stereocenters. The van der Waals surface area contributed by atoms with Gasteiger partial charge < -0.3 is 15.4 Å². The van der Waals surface area contributed by atoms with Crippen LogP contribution in [0.4, 0.5) is 0 Å². The second-order valence-electron chi connectivity index (χ2n) is 6.62. The van der Waals surface area contributed by atoms with E-state index >= 15 is 0 Å². The summed E-state index contributed by atoms with van der Waals surface area (Å²) in [5.41, 5.74) is 5.15. The molecule has 0 bridgehead atoms. The minimum absolute atomic E-state index is 0.0788. The highest BCUT2D eigenvalue weighted by Crippen LogP contribution is 2.32. The third-order valence-electron chi connectivity index (χ3n) is 3.85. The highest BCUT2D eigenvalue weighted by molar-refractivity contribution is 5.88. The number of rotatable bonds is 3. The first-order valence-electron chi connectivity index (χ1n) is 7.05. The maximum atomic E-state index is 12.3. The van der Waals surface area contributed by atoms with Crippen molar-refractivity contribution in [3.8, 4) is 0 Å². The molecule has 0 radical (unpaired) electrons. The molecule has 108 valence electrons. The molecule has 1 aliphatic heterocycles.